The lowest BCUT2D eigenvalue weighted by molar-refractivity contribution is -0.133. The molecule has 0 bridgehead atoms. The SMILES string of the molecule is CC(C)C1(O)CN(Cc2nc(-c3cccs3)no2)C1. The van der Waals surface area contributed by atoms with E-state index < -0.39 is 5.60 Å². The van der Waals surface area contributed by atoms with Crippen molar-refractivity contribution in [1.29, 1.82) is 0 Å². The fourth-order valence-corrected chi connectivity index (χ4v) is 2.87. The van der Waals surface area contributed by atoms with E-state index in [1.54, 1.807) is 11.3 Å². The van der Waals surface area contributed by atoms with Gasteiger partial charge in [-0.1, -0.05) is 25.1 Å². The van der Waals surface area contributed by atoms with Crippen LogP contribution in [0, 0.1) is 5.92 Å². The van der Waals surface area contributed by atoms with Crippen LogP contribution < -0.4 is 0 Å². The molecule has 1 saturated heterocycles. The molecule has 0 spiro atoms. The zero-order valence-electron chi connectivity index (χ0n) is 11.0. The average molecular weight is 279 g/mol. The van der Waals surface area contributed by atoms with Crippen molar-refractivity contribution in [1.82, 2.24) is 15.0 Å². The van der Waals surface area contributed by atoms with Crippen molar-refractivity contribution in [2.75, 3.05) is 13.1 Å². The second-order valence-corrected chi connectivity index (χ2v) is 6.34. The van der Waals surface area contributed by atoms with Crippen LogP contribution in [0.4, 0.5) is 0 Å². The molecular formula is C13H17N3O2S. The highest BCUT2D eigenvalue weighted by Crippen LogP contribution is 2.30. The van der Waals surface area contributed by atoms with E-state index in [2.05, 4.69) is 15.0 Å². The lowest BCUT2D eigenvalue weighted by Crippen LogP contribution is -2.63. The number of thiophene rings is 1. The molecule has 19 heavy (non-hydrogen) atoms. The highest BCUT2D eigenvalue weighted by Gasteiger charge is 2.43. The van der Waals surface area contributed by atoms with Gasteiger partial charge < -0.3 is 9.63 Å². The second-order valence-electron chi connectivity index (χ2n) is 5.39. The standard InChI is InChI=1S/C13H17N3O2S/c1-9(2)13(17)7-16(8-13)6-11-14-12(15-18-11)10-4-3-5-19-10/h3-5,9,17H,6-8H2,1-2H3. The quantitative estimate of drug-likeness (QED) is 0.927. The molecule has 1 N–H and O–H groups in total. The zero-order valence-corrected chi connectivity index (χ0v) is 11.9. The number of hydrogen-bond acceptors (Lipinski definition) is 6. The van der Waals surface area contributed by atoms with E-state index in [0.29, 0.717) is 31.3 Å². The van der Waals surface area contributed by atoms with Crippen molar-refractivity contribution < 1.29 is 9.63 Å². The Balaban J connectivity index is 1.61. The maximum absolute atomic E-state index is 10.2. The summed E-state index contributed by atoms with van der Waals surface area (Å²) in [7, 11) is 0. The van der Waals surface area contributed by atoms with Crippen molar-refractivity contribution in [2.24, 2.45) is 5.92 Å². The predicted octanol–water partition coefficient (Wildman–Crippen LogP) is 2.00. The van der Waals surface area contributed by atoms with Crippen molar-refractivity contribution in [3.8, 4) is 10.7 Å². The Morgan fingerprint density at radius 3 is 2.95 bits per heavy atom. The Morgan fingerprint density at radius 2 is 2.32 bits per heavy atom. The van der Waals surface area contributed by atoms with E-state index in [1.165, 1.54) is 0 Å². The molecular weight excluding hydrogens is 262 g/mol. The molecule has 6 heteroatoms. The summed E-state index contributed by atoms with van der Waals surface area (Å²) in [4.78, 5) is 7.50. The fraction of sp³-hybridized carbons (Fsp3) is 0.538. The molecule has 2 aromatic rings. The smallest absolute Gasteiger partial charge is 0.241 e. The summed E-state index contributed by atoms with van der Waals surface area (Å²) in [5.41, 5.74) is -0.559. The molecule has 5 nitrogen and oxygen atoms in total. The first-order valence-corrected chi connectivity index (χ1v) is 7.26. The molecule has 3 rings (SSSR count). The summed E-state index contributed by atoms with van der Waals surface area (Å²) in [6, 6.07) is 3.94. The van der Waals surface area contributed by atoms with E-state index in [4.69, 9.17) is 4.52 Å². The summed E-state index contributed by atoms with van der Waals surface area (Å²) in [6.07, 6.45) is 0. The summed E-state index contributed by atoms with van der Waals surface area (Å²) in [5, 5.41) is 16.2. The molecule has 1 aliphatic heterocycles. The monoisotopic (exact) mass is 279 g/mol. The van der Waals surface area contributed by atoms with Gasteiger partial charge in [-0.25, -0.2) is 0 Å². The van der Waals surface area contributed by atoms with Crippen LogP contribution in [0.15, 0.2) is 22.0 Å². The van der Waals surface area contributed by atoms with Gasteiger partial charge in [0.15, 0.2) is 0 Å². The number of aromatic nitrogens is 2. The second kappa shape index (κ2) is 4.70. The minimum Gasteiger partial charge on any atom is -0.387 e. The van der Waals surface area contributed by atoms with E-state index in [-0.39, 0.29) is 5.92 Å². The number of rotatable bonds is 4. The highest BCUT2D eigenvalue weighted by atomic mass is 32.1. The van der Waals surface area contributed by atoms with Crippen LogP contribution in [0.5, 0.6) is 0 Å². The molecule has 1 fully saturated rings. The van der Waals surface area contributed by atoms with Gasteiger partial charge in [-0.15, -0.1) is 11.3 Å². The van der Waals surface area contributed by atoms with E-state index >= 15 is 0 Å². The first-order chi connectivity index (χ1) is 9.07. The lowest BCUT2D eigenvalue weighted by Gasteiger charge is -2.48. The van der Waals surface area contributed by atoms with Gasteiger partial charge in [0.1, 0.15) is 0 Å². The number of β-amino-alcohol motifs (C(OH)–C–C–N with tert-alkyl or cyclic N) is 1. The molecule has 0 aliphatic carbocycles. The van der Waals surface area contributed by atoms with Crippen LogP contribution in [-0.2, 0) is 6.54 Å². The van der Waals surface area contributed by atoms with Crippen LogP contribution in [0.2, 0.25) is 0 Å². The Morgan fingerprint density at radius 1 is 1.53 bits per heavy atom. The van der Waals surface area contributed by atoms with Gasteiger partial charge in [-0.2, -0.15) is 4.98 Å². The molecule has 2 aromatic heterocycles. The van der Waals surface area contributed by atoms with E-state index in [9.17, 15) is 5.11 Å². The van der Waals surface area contributed by atoms with Crippen LogP contribution in [0.1, 0.15) is 19.7 Å². The van der Waals surface area contributed by atoms with Gasteiger partial charge in [0, 0.05) is 13.1 Å². The molecule has 0 saturated carbocycles. The van der Waals surface area contributed by atoms with Gasteiger partial charge in [0.25, 0.3) is 0 Å². The number of hydrogen-bond donors (Lipinski definition) is 1. The van der Waals surface area contributed by atoms with E-state index in [0.717, 1.165) is 4.88 Å². The minimum absolute atomic E-state index is 0.271. The third-order valence-electron chi connectivity index (χ3n) is 3.64. The lowest BCUT2D eigenvalue weighted by atomic mass is 9.83. The molecule has 102 valence electrons. The Hall–Kier alpha value is -1.24. The van der Waals surface area contributed by atoms with Crippen LogP contribution in [0.3, 0.4) is 0 Å². The van der Waals surface area contributed by atoms with Gasteiger partial charge >= 0.3 is 0 Å². The Kier molecular flexibility index (Phi) is 3.16. The van der Waals surface area contributed by atoms with Crippen molar-refractivity contribution in [2.45, 2.75) is 26.0 Å². The Bertz CT molecular complexity index is 544. The summed E-state index contributed by atoms with van der Waals surface area (Å²) in [5.74, 6) is 1.52. The topological polar surface area (TPSA) is 62.4 Å². The molecule has 0 radical (unpaired) electrons. The van der Waals surface area contributed by atoms with Gasteiger partial charge in [0.05, 0.1) is 17.0 Å². The molecule has 0 amide bonds. The first kappa shape index (κ1) is 12.8. The van der Waals surface area contributed by atoms with Gasteiger partial charge in [-0.05, 0) is 17.4 Å². The average Bonchev–Trinajstić information content (AvgIpc) is 2.96. The maximum atomic E-state index is 10.2. The number of nitrogens with zero attached hydrogens (tertiary/aromatic N) is 3. The predicted molar refractivity (Wildman–Crippen MR) is 72.7 cm³/mol. The third kappa shape index (κ3) is 2.43. The minimum atomic E-state index is -0.559. The van der Waals surface area contributed by atoms with Crippen LogP contribution in [0.25, 0.3) is 10.7 Å². The van der Waals surface area contributed by atoms with E-state index in [1.807, 2.05) is 31.4 Å². The zero-order chi connectivity index (χ0) is 13.5. The van der Waals surface area contributed by atoms with Crippen LogP contribution >= 0.6 is 11.3 Å². The summed E-state index contributed by atoms with van der Waals surface area (Å²) < 4.78 is 5.25. The molecule has 1 aliphatic rings. The summed E-state index contributed by atoms with van der Waals surface area (Å²) in [6.45, 7) is 6.02. The van der Waals surface area contributed by atoms with Crippen molar-refractivity contribution in [3.05, 3.63) is 23.4 Å². The number of aliphatic hydroxyl groups is 1. The molecule has 0 atom stereocenters. The fourth-order valence-electron chi connectivity index (χ4n) is 2.22. The summed E-state index contributed by atoms with van der Waals surface area (Å²) >= 11 is 1.59. The Labute approximate surface area is 115 Å². The van der Waals surface area contributed by atoms with Crippen molar-refractivity contribution in [3.63, 3.8) is 0 Å². The normalized spacial score (nSPS) is 18.7. The van der Waals surface area contributed by atoms with Crippen molar-refractivity contribution >= 4 is 11.3 Å². The highest BCUT2D eigenvalue weighted by molar-refractivity contribution is 7.13. The molecule has 0 unspecified atom stereocenters. The molecule has 3 heterocycles. The maximum Gasteiger partial charge on any atom is 0.241 e. The number of likely N-dealkylation sites (tertiary alicyclic amines) is 1. The van der Waals surface area contributed by atoms with Gasteiger partial charge in [0.2, 0.25) is 11.7 Å². The largest absolute Gasteiger partial charge is 0.387 e. The van der Waals surface area contributed by atoms with Crippen LogP contribution in [-0.4, -0.2) is 38.8 Å². The third-order valence-corrected chi connectivity index (χ3v) is 4.50. The van der Waals surface area contributed by atoms with Gasteiger partial charge in [-0.3, -0.25) is 4.90 Å². The first-order valence-electron chi connectivity index (χ1n) is 6.38. The molecule has 0 aromatic carbocycles.